The Balaban J connectivity index is 2.06. The van der Waals surface area contributed by atoms with Crippen LogP contribution in [0.3, 0.4) is 0 Å². The fourth-order valence-corrected chi connectivity index (χ4v) is 3.06. The van der Waals surface area contributed by atoms with Gasteiger partial charge in [0.1, 0.15) is 22.6 Å². The first kappa shape index (κ1) is 13.7. The Labute approximate surface area is 125 Å². The molecule has 0 spiro atoms. The van der Waals surface area contributed by atoms with Crippen LogP contribution >= 0.6 is 11.3 Å². The molecule has 0 atom stereocenters. The molecule has 0 N–H and O–H groups in total. The Morgan fingerprint density at radius 2 is 2.10 bits per heavy atom. The largest absolute Gasteiger partial charge is 0.216 e. The van der Waals surface area contributed by atoms with Gasteiger partial charge in [-0.3, -0.25) is 0 Å². The number of aromatic nitrogens is 3. The third-order valence-electron chi connectivity index (χ3n) is 3.21. The van der Waals surface area contributed by atoms with Gasteiger partial charge < -0.3 is 0 Å². The first-order chi connectivity index (χ1) is 10.2. The van der Waals surface area contributed by atoms with E-state index in [0.717, 1.165) is 29.8 Å². The predicted octanol–water partition coefficient (Wildman–Crippen LogP) is 3.81. The average molecular weight is 300 g/mol. The third kappa shape index (κ3) is 2.52. The molecule has 0 fully saturated rings. The molecule has 0 amide bonds. The summed E-state index contributed by atoms with van der Waals surface area (Å²) in [6.45, 7) is 2.13. The second-order valence-electron chi connectivity index (χ2n) is 4.72. The number of nitrogens with zero attached hydrogens (tertiary/aromatic N) is 4. The van der Waals surface area contributed by atoms with Gasteiger partial charge in [0.2, 0.25) is 4.96 Å². The Morgan fingerprint density at radius 1 is 1.33 bits per heavy atom. The minimum Gasteiger partial charge on any atom is -0.216 e. The first-order valence-electron chi connectivity index (χ1n) is 6.77. The van der Waals surface area contributed by atoms with Crippen molar-refractivity contribution >= 4 is 16.3 Å². The number of benzene rings is 1. The highest BCUT2D eigenvalue weighted by atomic mass is 32.1. The SMILES string of the molecule is CCCCc1nn2c(C#N)c(-c3ccc(F)cc3)nc2s1. The number of unbranched alkanes of at least 4 members (excludes halogenated alkanes) is 1. The molecular weight excluding hydrogens is 287 g/mol. The summed E-state index contributed by atoms with van der Waals surface area (Å²) in [6, 6.07) is 8.13. The average Bonchev–Trinajstić information content (AvgIpc) is 3.02. The number of halogens is 1. The molecule has 2 aromatic heterocycles. The molecular formula is C15H13FN4S. The van der Waals surface area contributed by atoms with Gasteiger partial charge in [0.05, 0.1) is 0 Å². The van der Waals surface area contributed by atoms with Crippen molar-refractivity contribution in [1.82, 2.24) is 14.6 Å². The second-order valence-corrected chi connectivity index (χ2v) is 5.76. The fraction of sp³-hybridized carbons (Fsp3) is 0.267. The molecule has 2 heterocycles. The number of hydrogen-bond acceptors (Lipinski definition) is 4. The van der Waals surface area contributed by atoms with Crippen LogP contribution in [-0.4, -0.2) is 14.6 Å². The molecule has 0 unspecified atom stereocenters. The number of aryl methyl sites for hydroxylation is 1. The van der Waals surface area contributed by atoms with Crippen molar-refractivity contribution in [2.45, 2.75) is 26.2 Å². The Bertz CT molecular complexity index is 811. The van der Waals surface area contributed by atoms with Crippen LogP contribution in [0.1, 0.15) is 30.5 Å². The number of hydrogen-bond donors (Lipinski definition) is 0. The van der Waals surface area contributed by atoms with Crippen LogP contribution in [0, 0.1) is 17.1 Å². The fourth-order valence-electron chi connectivity index (χ4n) is 2.13. The Kier molecular flexibility index (Phi) is 3.67. The topological polar surface area (TPSA) is 54.0 Å². The smallest absolute Gasteiger partial charge is 0.214 e. The van der Waals surface area contributed by atoms with Crippen molar-refractivity contribution in [3.63, 3.8) is 0 Å². The van der Waals surface area contributed by atoms with E-state index in [1.54, 1.807) is 16.6 Å². The minimum atomic E-state index is -0.307. The van der Waals surface area contributed by atoms with Crippen molar-refractivity contribution in [3.8, 4) is 17.3 Å². The summed E-state index contributed by atoms with van der Waals surface area (Å²) in [6.07, 6.45) is 3.08. The summed E-state index contributed by atoms with van der Waals surface area (Å²) in [7, 11) is 0. The molecule has 4 nitrogen and oxygen atoms in total. The summed E-state index contributed by atoms with van der Waals surface area (Å²) >= 11 is 1.50. The van der Waals surface area contributed by atoms with Crippen LogP contribution in [0.5, 0.6) is 0 Å². The zero-order valence-corrected chi connectivity index (χ0v) is 12.3. The maximum absolute atomic E-state index is 13.0. The normalized spacial score (nSPS) is 10.9. The molecule has 0 radical (unpaired) electrons. The van der Waals surface area contributed by atoms with Gasteiger partial charge in [0, 0.05) is 12.0 Å². The zero-order chi connectivity index (χ0) is 14.8. The van der Waals surface area contributed by atoms with Crippen molar-refractivity contribution in [2.75, 3.05) is 0 Å². The van der Waals surface area contributed by atoms with E-state index in [4.69, 9.17) is 0 Å². The summed E-state index contributed by atoms with van der Waals surface area (Å²) in [5.41, 5.74) is 1.68. The molecule has 3 aromatic rings. The number of nitriles is 1. The van der Waals surface area contributed by atoms with Gasteiger partial charge in [-0.15, -0.1) is 0 Å². The van der Waals surface area contributed by atoms with Crippen LogP contribution in [-0.2, 0) is 6.42 Å². The van der Waals surface area contributed by atoms with Gasteiger partial charge in [0.25, 0.3) is 0 Å². The molecule has 0 aliphatic carbocycles. The lowest BCUT2D eigenvalue weighted by molar-refractivity contribution is 0.628. The molecule has 0 saturated carbocycles. The summed E-state index contributed by atoms with van der Waals surface area (Å²) < 4.78 is 14.6. The standard InChI is InChI=1S/C15H13FN4S/c1-2-3-4-13-19-20-12(9-17)14(18-15(20)21-13)10-5-7-11(16)8-6-10/h5-8H,2-4H2,1H3. The highest BCUT2D eigenvalue weighted by molar-refractivity contribution is 7.16. The third-order valence-corrected chi connectivity index (χ3v) is 4.18. The molecule has 21 heavy (non-hydrogen) atoms. The van der Waals surface area contributed by atoms with Crippen LogP contribution in [0.2, 0.25) is 0 Å². The van der Waals surface area contributed by atoms with Crippen molar-refractivity contribution < 1.29 is 4.39 Å². The van der Waals surface area contributed by atoms with Crippen LogP contribution in [0.15, 0.2) is 24.3 Å². The minimum absolute atomic E-state index is 0.307. The van der Waals surface area contributed by atoms with Crippen LogP contribution in [0.4, 0.5) is 4.39 Å². The monoisotopic (exact) mass is 300 g/mol. The quantitative estimate of drug-likeness (QED) is 0.736. The summed E-state index contributed by atoms with van der Waals surface area (Å²) in [5, 5.41) is 14.8. The Hall–Kier alpha value is -2.26. The van der Waals surface area contributed by atoms with Crippen molar-refractivity contribution in [3.05, 3.63) is 40.8 Å². The molecule has 6 heteroatoms. The molecule has 0 bridgehead atoms. The van der Waals surface area contributed by atoms with Gasteiger partial charge in [0.15, 0.2) is 5.69 Å². The van der Waals surface area contributed by atoms with Gasteiger partial charge in [-0.05, 0) is 30.7 Å². The first-order valence-corrected chi connectivity index (χ1v) is 7.59. The highest BCUT2D eigenvalue weighted by Gasteiger charge is 2.17. The lowest BCUT2D eigenvalue weighted by atomic mass is 10.1. The number of imidazole rings is 1. The highest BCUT2D eigenvalue weighted by Crippen LogP contribution is 2.27. The van der Waals surface area contributed by atoms with E-state index < -0.39 is 0 Å². The molecule has 0 aliphatic rings. The van der Waals surface area contributed by atoms with E-state index in [9.17, 15) is 9.65 Å². The predicted molar refractivity (Wildman–Crippen MR) is 79.6 cm³/mol. The van der Waals surface area contributed by atoms with Crippen LogP contribution in [0.25, 0.3) is 16.2 Å². The molecule has 3 rings (SSSR count). The number of fused-ring (bicyclic) bond motifs is 1. The Morgan fingerprint density at radius 3 is 2.76 bits per heavy atom. The number of rotatable bonds is 4. The summed E-state index contributed by atoms with van der Waals surface area (Å²) in [4.78, 5) is 5.19. The van der Waals surface area contributed by atoms with Crippen molar-refractivity contribution in [2.24, 2.45) is 0 Å². The van der Waals surface area contributed by atoms with E-state index >= 15 is 0 Å². The maximum atomic E-state index is 13.0. The molecule has 1 aromatic carbocycles. The van der Waals surface area contributed by atoms with E-state index in [1.165, 1.54) is 23.5 Å². The van der Waals surface area contributed by atoms with E-state index in [1.807, 2.05) is 0 Å². The van der Waals surface area contributed by atoms with Crippen LogP contribution < -0.4 is 0 Å². The van der Waals surface area contributed by atoms with Gasteiger partial charge >= 0.3 is 0 Å². The zero-order valence-electron chi connectivity index (χ0n) is 11.5. The maximum Gasteiger partial charge on any atom is 0.214 e. The van der Waals surface area contributed by atoms with Crippen molar-refractivity contribution in [1.29, 1.82) is 5.26 Å². The lowest BCUT2D eigenvalue weighted by Crippen LogP contribution is -1.93. The van der Waals surface area contributed by atoms with Gasteiger partial charge in [-0.2, -0.15) is 14.9 Å². The van der Waals surface area contributed by atoms with Gasteiger partial charge in [-0.1, -0.05) is 24.7 Å². The van der Waals surface area contributed by atoms with Gasteiger partial charge in [-0.25, -0.2) is 9.37 Å². The van der Waals surface area contributed by atoms with E-state index in [-0.39, 0.29) is 5.82 Å². The lowest BCUT2D eigenvalue weighted by Gasteiger charge is -1.97. The van der Waals surface area contributed by atoms with E-state index in [2.05, 4.69) is 23.1 Å². The molecule has 106 valence electrons. The molecule has 0 aliphatic heterocycles. The second kappa shape index (κ2) is 5.62. The van der Waals surface area contributed by atoms with E-state index in [0.29, 0.717) is 16.3 Å². The molecule has 0 saturated heterocycles. The summed E-state index contributed by atoms with van der Waals surface area (Å²) in [5.74, 6) is -0.307.